The van der Waals surface area contributed by atoms with E-state index in [1.54, 1.807) is 18.2 Å². The molecule has 3 aromatic carbocycles. The summed E-state index contributed by atoms with van der Waals surface area (Å²) in [5.41, 5.74) is 4.33. The molecule has 1 aliphatic heterocycles. The number of nitrogens with one attached hydrogen (secondary N) is 2. The Morgan fingerprint density at radius 2 is 1.71 bits per heavy atom. The van der Waals surface area contributed by atoms with Gasteiger partial charge in [0, 0.05) is 12.2 Å². The maximum absolute atomic E-state index is 13.4. The minimum atomic E-state index is -3.70. The molecule has 1 unspecified atom stereocenters. The lowest BCUT2D eigenvalue weighted by molar-refractivity contribution is -0.115. The van der Waals surface area contributed by atoms with E-state index in [1.165, 1.54) is 0 Å². The van der Waals surface area contributed by atoms with E-state index in [1.807, 2.05) is 54.6 Å². The molecule has 0 radical (unpaired) electrons. The molecule has 1 amide bonds. The molecular weight excluding hydrogens is 551 g/mol. The molecule has 1 fully saturated rings. The zero-order valence-corrected chi connectivity index (χ0v) is 26.2. The number of hydrogen-bond acceptors (Lipinski definition) is 5. The number of anilines is 1. The zero-order chi connectivity index (χ0) is 29.4. The number of fused-ring (bicyclic) bond motifs is 1. The van der Waals surface area contributed by atoms with Crippen LogP contribution in [0.2, 0.25) is 18.1 Å². The van der Waals surface area contributed by atoms with E-state index in [0.717, 1.165) is 24.0 Å². The number of hydrogen-bond donors (Lipinski definition) is 2. The molecule has 1 atom stereocenters. The predicted octanol–water partition coefficient (Wildman–Crippen LogP) is 6.75. The Balaban J connectivity index is 1.46. The summed E-state index contributed by atoms with van der Waals surface area (Å²) in [7, 11) is -5.57. The van der Waals surface area contributed by atoms with Crippen LogP contribution in [-0.4, -0.2) is 34.9 Å². The van der Waals surface area contributed by atoms with Crippen molar-refractivity contribution in [1.29, 1.82) is 0 Å². The van der Waals surface area contributed by atoms with Crippen molar-refractivity contribution in [2.75, 3.05) is 11.9 Å². The average Bonchev–Trinajstić information content (AvgIpc) is 3.71. The smallest absolute Gasteiger partial charge is 0.240 e. The van der Waals surface area contributed by atoms with Crippen molar-refractivity contribution in [2.45, 2.75) is 69.2 Å². The third kappa shape index (κ3) is 6.70. The van der Waals surface area contributed by atoms with E-state index in [9.17, 15) is 13.2 Å². The van der Waals surface area contributed by atoms with E-state index in [0.29, 0.717) is 41.7 Å². The molecule has 0 saturated heterocycles. The SMILES string of the molecule is CC(C)(C)[Si](C)(C)OCc1ccc(N=C(c2ccccc2)C2C(=O)Nc3ccc(S(=O)(=O)NCC4CC4)cc32)cc1. The predicted molar refractivity (Wildman–Crippen MR) is 167 cm³/mol. The summed E-state index contributed by atoms with van der Waals surface area (Å²) >= 11 is 0. The highest BCUT2D eigenvalue weighted by molar-refractivity contribution is 7.89. The Hall–Kier alpha value is -3.11. The first kappa shape index (κ1) is 29.4. The van der Waals surface area contributed by atoms with Crippen LogP contribution in [-0.2, 0) is 25.9 Å². The number of amides is 1. The minimum Gasteiger partial charge on any atom is -0.413 e. The quantitative estimate of drug-likeness (QED) is 0.202. The van der Waals surface area contributed by atoms with E-state index in [-0.39, 0.29) is 15.8 Å². The monoisotopic (exact) mass is 589 g/mol. The molecule has 9 heteroatoms. The van der Waals surface area contributed by atoms with E-state index in [2.05, 4.69) is 43.9 Å². The first-order valence-electron chi connectivity index (χ1n) is 14.2. The van der Waals surface area contributed by atoms with Crippen LogP contribution >= 0.6 is 0 Å². The summed E-state index contributed by atoms with van der Waals surface area (Å²) < 4.78 is 35.2. The Morgan fingerprint density at radius 3 is 2.34 bits per heavy atom. The fourth-order valence-corrected chi connectivity index (χ4v) is 6.61. The standard InChI is InChI=1S/C32H39N3O4SSi/c1-32(2,3)41(4,5)39-21-23-13-15-25(16-14-23)34-30(24-9-7-6-8-10-24)29-27-19-26(17-18-28(27)35-31(29)36)40(37,38)33-20-22-11-12-22/h6-10,13-19,22,29,33H,11-12,20-21H2,1-5H3,(H,35,36). The number of aliphatic imine (C=N–C) groups is 1. The van der Waals surface area contributed by atoms with Gasteiger partial charge in [-0.2, -0.15) is 0 Å². The number of benzene rings is 3. The van der Waals surface area contributed by atoms with Crippen molar-refractivity contribution in [2.24, 2.45) is 10.9 Å². The van der Waals surface area contributed by atoms with Gasteiger partial charge in [0.25, 0.3) is 0 Å². The van der Waals surface area contributed by atoms with E-state index >= 15 is 0 Å². The van der Waals surface area contributed by atoms with Crippen LogP contribution in [0.15, 0.2) is 82.7 Å². The van der Waals surface area contributed by atoms with Crippen LogP contribution in [0.1, 0.15) is 56.2 Å². The summed E-state index contributed by atoms with van der Waals surface area (Å²) in [4.78, 5) is 18.5. The summed E-state index contributed by atoms with van der Waals surface area (Å²) in [5, 5.41) is 3.06. The molecule has 0 spiro atoms. The molecule has 1 aliphatic carbocycles. The van der Waals surface area contributed by atoms with Gasteiger partial charge in [-0.05, 0) is 83.9 Å². The fourth-order valence-electron chi connectivity index (χ4n) is 4.50. The second-order valence-corrected chi connectivity index (χ2v) is 19.1. The van der Waals surface area contributed by atoms with Crippen molar-refractivity contribution >= 4 is 41.3 Å². The molecule has 3 aromatic rings. The van der Waals surface area contributed by atoms with Gasteiger partial charge in [0.1, 0.15) is 5.92 Å². The topological polar surface area (TPSA) is 96.9 Å². The van der Waals surface area contributed by atoms with Crippen molar-refractivity contribution in [3.63, 3.8) is 0 Å². The maximum atomic E-state index is 13.4. The molecule has 2 aliphatic rings. The molecule has 5 rings (SSSR count). The molecule has 0 bridgehead atoms. The first-order valence-corrected chi connectivity index (χ1v) is 18.5. The number of nitrogens with zero attached hydrogens (tertiary/aromatic N) is 1. The Kier molecular flexibility index (Phi) is 8.09. The van der Waals surface area contributed by atoms with Gasteiger partial charge in [0.05, 0.1) is 22.9 Å². The summed E-state index contributed by atoms with van der Waals surface area (Å²) in [6, 6.07) is 22.3. The summed E-state index contributed by atoms with van der Waals surface area (Å²) in [6.45, 7) is 12.1. The lowest BCUT2D eigenvalue weighted by Crippen LogP contribution is -2.40. The number of rotatable bonds is 10. The van der Waals surface area contributed by atoms with E-state index in [4.69, 9.17) is 9.42 Å². The van der Waals surface area contributed by atoms with Gasteiger partial charge in [-0.25, -0.2) is 13.1 Å². The Morgan fingerprint density at radius 1 is 1.02 bits per heavy atom. The molecule has 0 aromatic heterocycles. The molecular formula is C32H39N3O4SSi. The van der Waals surface area contributed by atoms with Crippen molar-refractivity contribution in [1.82, 2.24) is 4.72 Å². The van der Waals surface area contributed by atoms with E-state index < -0.39 is 24.3 Å². The first-order chi connectivity index (χ1) is 19.3. The highest BCUT2D eigenvalue weighted by Gasteiger charge is 2.38. The van der Waals surface area contributed by atoms with Gasteiger partial charge in [0.2, 0.25) is 15.9 Å². The fraction of sp³-hybridized carbons (Fsp3) is 0.375. The van der Waals surface area contributed by atoms with Gasteiger partial charge in [-0.15, -0.1) is 0 Å². The van der Waals surface area contributed by atoms with Gasteiger partial charge in [0.15, 0.2) is 8.32 Å². The van der Waals surface area contributed by atoms with Crippen molar-refractivity contribution < 1.29 is 17.6 Å². The van der Waals surface area contributed by atoms with Gasteiger partial charge < -0.3 is 9.74 Å². The van der Waals surface area contributed by atoms with Crippen LogP contribution in [0.25, 0.3) is 0 Å². The maximum Gasteiger partial charge on any atom is 0.240 e. The van der Waals surface area contributed by atoms with Crippen molar-refractivity contribution in [3.05, 3.63) is 89.5 Å². The molecule has 7 nitrogen and oxygen atoms in total. The highest BCUT2D eigenvalue weighted by atomic mass is 32.2. The number of carbonyl (C=O) groups is 1. The van der Waals surface area contributed by atoms with Crippen LogP contribution in [0.3, 0.4) is 0 Å². The average molecular weight is 590 g/mol. The minimum absolute atomic E-state index is 0.131. The zero-order valence-electron chi connectivity index (χ0n) is 24.4. The summed E-state index contributed by atoms with van der Waals surface area (Å²) in [6.07, 6.45) is 2.10. The lowest BCUT2D eigenvalue weighted by Gasteiger charge is -2.36. The Labute approximate surface area is 244 Å². The third-order valence-corrected chi connectivity index (χ3v) is 14.3. The third-order valence-electron chi connectivity index (χ3n) is 8.36. The van der Waals surface area contributed by atoms with Crippen LogP contribution in [0, 0.1) is 5.92 Å². The normalized spacial score (nSPS) is 17.8. The largest absolute Gasteiger partial charge is 0.413 e. The molecule has 2 N–H and O–H groups in total. The number of sulfonamides is 1. The molecule has 41 heavy (non-hydrogen) atoms. The second kappa shape index (κ2) is 11.3. The molecule has 1 saturated carbocycles. The molecule has 1 heterocycles. The second-order valence-electron chi connectivity index (χ2n) is 12.5. The van der Waals surface area contributed by atoms with Crippen molar-refractivity contribution in [3.8, 4) is 0 Å². The van der Waals surface area contributed by atoms with Crippen LogP contribution in [0.4, 0.5) is 11.4 Å². The van der Waals surface area contributed by atoms with Crippen LogP contribution in [0.5, 0.6) is 0 Å². The number of carbonyl (C=O) groups excluding carboxylic acids is 1. The Bertz CT molecular complexity index is 1560. The molecule has 216 valence electrons. The van der Waals surface area contributed by atoms with Crippen LogP contribution < -0.4 is 10.0 Å². The lowest BCUT2D eigenvalue weighted by atomic mass is 9.90. The van der Waals surface area contributed by atoms with Gasteiger partial charge >= 0.3 is 0 Å². The summed E-state index contributed by atoms with van der Waals surface area (Å²) in [5.74, 6) is -0.577. The van der Waals surface area contributed by atoms with Gasteiger partial charge in [-0.3, -0.25) is 9.79 Å². The highest BCUT2D eigenvalue weighted by Crippen LogP contribution is 2.39. The van der Waals surface area contributed by atoms with Gasteiger partial charge in [-0.1, -0.05) is 63.2 Å².